The smallest absolute Gasteiger partial charge is 0.0802 e. The molecule has 0 bridgehead atoms. The second kappa shape index (κ2) is 4.54. The number of hydrogen-bond acceptors (Lipinski definition) is 2. The van der Waals surface area contributed by atoms with Crippen molar-refractivity contribution in [3.05, 3.63) is 54.2 Å². The van der Waals surface area contributed by atoms with Crippen LogP contribution in [-0.2, 0) is 0 Å². The molecule has 18 heavy (non-hydrogen) atoms. The van der Waals surface area contributed by atoms with Gasteiger partial charge in [-0.15, -0.1) is 11.3 Å². The van der Waals surface area contributed by atoms with E-state index in [2.05, 4.69) is 61.3 Å². The molecule has 0 amide bonds. The van der Waals surface area contributed by atoms with Crippen LogP contribution in [-0.4, -0.2) is 4.98 Å². The van der Waals surface area contributed by atoms with Gasteiger partial charge in [-0.05, 0) is 35.1 Å². The minimum atomic E-state index is 0.536. The molecule has 0 fully saturated rings. The van der Waals surface area contributed by atoms with Crippen LogP contribution in [0.2, 0.25) is 0 Å². The van der Waals surface area contributed by atoms with E-state index in [1.54, 1.807) is 11.3 Å². The number of thiophene rings is 1. The van der Waals surface area contributed by atoms with Gasteiger partial charge in [0.15, 0.2) is 0 Å². The first-order valence-electron chi connectivity index (χ1n) is 6.19. The molecular weight excluding hydrogens is 238 g/mol. The summed E-state index contributed by atoms with van der Waals surface area (Å²) in [5, 5.41) is 1.30. The van der Waals surface area contributed by atoms with Crippen LogP contribution >= 0.6 is 11.3 Å². The Hall–Kier alpha value is -1.67. The second-order valence-corrected chi connectivity index (χ2v) is 5.86. The lowest BCUT2D eigenvalue weighted by molar-refractivity contribution is 0.859. The zero-order chi connectivity index (χ0) is 12.5. The lowest BCUT2D eigenvalue weighted by atomic mass is 10.1. The normalized spacial score (nSPS) is 11.3. The van der Waals surface area contributed by atoms with Gasteiger partial charge in [0.2, 0.25) is 0 Å². The highest BCUT2D eigenvalue weighted by molar-refractivity contribution is 7.22. The molecule has 0 aliphatic rings. The van der Waals surface area contributed by atoms with E-state index < -0.39 is 0 Å². The number of fused-ring (bicyclic) bond motifs is 1. The topological polar surface area (TPSA) is 12.9 Å². The predicted octanol–water partition coefficient (Wildman–Crippen LogP) is 5.09. The van der Waals surface area contributed by atoms with Gasteiger partial charge in [-0.3, -0.25) is 4.98 Å². The largest absolute Gasteiger partial charge is 0.255 e. The molecule has 0 saturated carbocycles. The summed E-state index contributed by atoms with van der Waals surface area (Å²) in [6.07, 6.45) is 1.99. The van der Waals surface area contributed by atoms with Crippen molar-refractivity contribution in [1.82, 2.24) is 4.98 Å². The fraction of sp³-hybridized carbons (Fsp3) is 0.188. The molecule has 0 spiro atoms. The maximum absolute atomic E-state index is 4.58. The SMILES string of the molecule is CC(C)c1ccc(-c2cc3ccccc3s2)nc1. The van der Waals surface area contributed by atoms with Gasteiger partial charge in [0.25, 0.3) is 0 Å². The van der Waals surface area contributed by atoms with Crippen molar-refractivity contribution in [3.63, 3.8) is 0 Å². The van der Waals surface area contributed by atoms with Crippen LogP contribution in [0.3, 0.4) is 0 Å². The predicted molar refractivity (Wildman–Crippen MR) is 79.1 cm³/mol. The lowest BCUT2D eigenvalue weighted by Gasteiger charge is -2.04. The highest BCUT2D eigenvalue weighted by atomic mass is 32.1. The van der Waals surface area contributed by atoms with Crippen molar-refractivity contribution < 1.29 is 0 Å². The zero-order valence-corrected chi connectivity index (χ0v) is 11.4. The number of nitrogens with zero attached hydrogens (tertiary/aromatic N) is 1. The summed E-state index contributed by atoms with van der Waals surface area (Å²) >= 11 is 1.80. The number of benzene rings is 1. The monoisotopic (exact) mass is 253 g/mol. The molecular formula is C16H15NS. The maximum atomic E-state index is 4.58. The molecule has 2 aromatic heterocycles. The molecule has 0 radical (unpaired) electrons. The van der Waals surface area contributed by atoms with Crippen molar-refractivity contribution in [3.8, 4) is 10.6 Å². The Balaban J connectivity index is 2.03. The molecule has 0 unspecified atom stereocenters. The Morgan fingerprint density at radius 2 is 1.89 bits per heavy atom. The Kier molecular flexibility index (Phi) is 2.88. The van der Waals surface area contributed by atoms with E-state index in [9.17, 15) is 0 Å². The number of hydrogen-bond donors (Lipinski definition) is 0. The molecule has 0 saturated heterocycles. The van der Waals surface area contributed by atoms with E-state index in [0.717, 1.165) is 5.69 Å². The quantitative estimate of drug-likeness (QED) is 0.620. The first-order chi connectivity index (χ1) is 8.74. The third-order valence-corrected chi connectivity index (χ3v) is 4.27. The van der Waals surface area contributed by atoms with Crippen LogP contribution in [0.5, 0.6) is 0 Å². The molecule has 2 heterocycles. The van der Waals surface area contributed by atoms with Crippen LogP contribution in [0.1, 0.15) is 25.3 Å². The van der Waals surface area contributed by atoms with E-state index in [1.807, 2.05) is 6.20 Å². The Bertz CT molecular complexity index is 632. The first-order valence-corrected chi connectivity index (χ1v) is 7.00. The molecule has 1 aromatic carbocycles. The molecule has 3 rings (SSSR count). The van der Waals surface area contributed by atoms with E-state index in [0.29, 0.717) is 5.92 Å². The van der Waals surface area contributed by atoms with Crippen LogP contribution < -0.4 is 0 Å². The van der Waals surface area contributed by atoms with E-state index in [-0.39, 0.29) is 0 Å². The molecule has 90 valence electrons. The van der Waals surface area contributed by atoms with Crippen LogP contribution in [0.15, 0.2) is 48.7 Å². The number of rotatable bonds is 2. The van der Waals surface area contributed by atoms with Gasteiger partial charge in [-0.25, -0.2) is 0 Å². The van der Waals surface area contributed by atoms with Gasteiger partial charge in [0.1, 0.15) is 0 Å². The standard InChI is InChI=1S/C16H15NS/c1-11(2)13-7-8-14(17-10-13)16-9-12-5-3-4-6-15(12)18-16/h3-11H,1-2H3. The van der Waals surface area contributed by atoms with Crippen molar-refractivity contribution in [2.24, 2.45) is 0 Å². The molecule has 0 atom stereocenters. The molecule has 0 aliphatic heterocycles. The third-order valence-electron chi connectivity index (χ3n) is 3.13. The van der Waals surface area contributed by atoms with E-state index >= 15 is 0 Å². The minimum absolute atomic E-state index is 0.536. The fourth-order valence-electron chi connectivity index (χ4n) is 2.00. The van der Waals surface area contributed by atoms with Crippen molar-refractivity contribution >= 4 is 21.4 Å². The van der Waals surface area contributed by atoms with Crippen molar-refractivity contribution in [2.45, 2.75) is 19.8 Å². The van der Waals surface area contributed by atoms with Crippen molar-refractivity contribution in [1.29, 1.82) is 0 Å². The van der Waals surface area contributed by atoms with Gasteiger partial charge < -0.3 is 0 Å². The van der Waals surface area contributed by atoms with Crippen LogP contribution in [0, 0.1) is 0 Å². The van der Waals surface area contributed by atoms with Crippen LogP contribution in [0.4, 0.5) is 0 Å². The zero-order valence-electron chi connectivity index (χ0n) is 10.6. The average Bonchev–Trinajstić information content (AvgIpc) is 2.82. The Morgan fingerprint density at radius 3 is 2.56 bits per heavy atom. The maximum Gasteiger partial charge on any atom is 0.0802 e. The van der Waals surface area contributed by atoms with Crippen molar-refractivity contribution in [2.75, 3.05) is 0 Å². The summed E-state index contributed by atoms with van der Waals surface area (Å²) in [6, 6.07) is 15.0. The average molecular weight is 253 g/mol. The Labute approximate surface area is 111 Å². The van der Waals surface area contributed by atoms with Gasteiger partial charge in [0.05, 0.1) is 10.6 Å². The minimum Gasteiger partial charge on any atom is -0.255 e. The summed E-state index contributed by atoms with van der Waals surface area (Å²) < 4.78 is 1.32. The summed E-state index contributed by atoms with van der Waals surface area (Å²) in [5.74, 6) is 0.536. The van der Waals surface area contributed by atoms with Gasteiger partial charge in [-0.1, -0.05) is 38.1 Å². The van der Waals surface area contributed by atoms with Gasteiger partial charge in [-0.2, -0.15) is 0 Å². The summed E-state index contributed by atoms with van der Waals surface area (Å²) in [5.41, 5.74) is 2.36. The van der Waals surface area contributed by atoms with E-state index in [4.69, 9.17) is 0 Å². The number of aromatic nitrogens is 1. The third kappa shape index (κ3) is 2.04. The molecule has 2 heteroatoms. The summed E-state index contributed by atoms with van der Waals surface area (Å²) in [6.45, 7) is 4.38. The molecule has 0 aliphatic carbocycles. The van der Waals surface area contributed by atoms with Crippen LogP contribution in [0.25, 0.3) is 20.7 Å². The molecule has 1 nitrogen and oxygen atoms in total. The second-order valence-electron chi connectivity index (χ2n) is 4.78. The number of pyridine rings is 1. The Morgan fingerprint density at radius 1 is 1.06 bits per heavy atom. The molecule has 3 aromatic rings. The van der Waals surface area contributed by atoms with Gasteiger partial charge in [0, 0.05) is 10.9 Å². The lowest BCUT2D eigenvalue weighted by Crippen LogP contribution is -1.89. The summed E-state index contributed by atoms with van der Waals surface area (Å²) in [4.78, 5) is 5.82. The highest BCUT2D eigenvalue weighted by Gasteiger charge is 2.06. The first kappa shape index (κ1) is 11.4. The highest BCUT2D eigenvalue weighted by Crippen LogP contribution is 2.32. The van der Waals surface area contributed by atoms with E-state index in [1.165, 1.54) is 20.5 Å². The molecule has 0 N–H and O–H groups in total. The fourth-order valence-corrected chi connectivity index (χ4v) is 3.04. The van der Waals surface area contributed by atoms with Gasteiger partial charge >= 0.3 is 0 Å². The summed E-state index contributed by atoms with van der Waals surface area (Å²) in [7, 11) is 0.